The van der Waals surface area contributed by atoms with E-state index < -0.39 is 21.9 Å². The Morgan fingerprint density at radius 3 is 2.27 bits per heavy atom. The Morgan fingerprint density at radius 2 is 1.70 bits per heavy atom. The highest BCUT2D eigenvalue weighted by Gasteiger charge is 2.17. The number of thiol groups is 1. The molecule has 2 amide bonds. The Hall–Kier alpha value is -2.87. The summed E-state index contributed by atoms with van der Waals surface area (Å²) in [4.78, 5) is 23.5. The third-order valence-corrected chi connectivity index (χ3v) is 5.72. The van der Waals surface area contributed by atoms with Crippen LogP contribution in [0.5, 0.6) is 5.75 Å². The molecule has 0 aliphatic heterocycles. The van der Waals surface area contributed by atoms with E-state index in [4.69, 9.17) is 5.73 Å². The van der Waals surface area contributed by atoms with Crippen LogP contribution in [0.1, 0.15) is 59.0 Å². The van der Waals surface area contributed by atoms with Crippen LogP contribution in [0.3, 0.4) is 0 Å². The molecule has 0 spiro atoms. The molecule has 7 nitrogen and oxygen atoms in total. The van der Waals surface area contributed by atoms with Crippen LogP contribution in [0.2, 0.25) is 0 Å². The Kier molecular flexibility index (Phi) is 8.41. The molecular weight excluding hydrogens is 404 g/mol. The van der Waals surface area contributed by atoms with Crippen molar-refractivity contribution in [3.63, 3.8) is 0 Å². The largest absolute Gasteiger partial charge is 0.507 e. The minimum atomic E-state index is -2.83. The number of carbonyl (C=O) groups excluding carboxylic acids is 2. The van der Waals surface area contributed by atoms with E-state index in [2.05, 4.69) is 19.2 Å². The summed E-state index contributed by atoms with van der Waals surface area (Å²) in [7, 11) is -2.83. The van der Waals surface area contributed by atoms with E-state index in [1.165, 1.54) is 6.07 Å². The standard InChI is InChI=1S/C22H28N2O5S/c1-14(2)9-10-24-22(27)18-12-16(5-8-19(18)25)11-15-3-6-17(7-4-15)20(30(28)29)13-21(23)26/h3-8,12,14,20,25,30H,9-11,13H2,1-2H3,(H2,23,26)(H,24,27). The third-order valence-electron chi connectivity index (χ3n) is 4.73. The number of nitrogens with one attached hydrogen (secondary N) is 1. The molecular formula is C22H28N2O5S. The molecule has 1 unspecified atom stereocenters. The smallest absolute Gasteiger partial charge is 0.255 e. The summed E-state index contributed by atoms with van der Waals surface area (Å²) in [6.45, 7) is 4.68. The topological polar surface area (TPSA) is 127 Å². The van der Waals surface area contributed by atoms with Crippen molar-refractivity contribution in [3.8, 4) is 5.75 Å². The molecule has 0 aliphatic carbocycles. The first-order valence-corrected chi connectivity index (χ1v) is 11.0. The lowest BCUT2D eigenvalue weighted by molar-refractivity contribution is -0.118. The Bertz CT molecular complexity index is 960. The minimum Gasteiger partial charge on any atom is -0.507 e. The number of benzene rings is 2. The van der Waals surface area contributed by atoms with Crippen LogP contribution in [0.4, 0.5) is 0 Å². The monoisotopic (exact) mass is 432 g/mol. The number of aromatic hydroxyl groups is 1. The molecule has 0 heterocycles. The highest BCUT2D eigenvalue weighted by atomic mass is 32.2. The van der Waals surface area contributed by atoms with Crippen molar-refractivity contribution in [3.05, 3.63) is 64.7 Å². The van der Waals surface area contributed by atoms with Gasteiger partial charge in [0.25, 0.3) is 5.91 Å². The van der Waals surface area contributed by atoms with Gasteiger partial charge in [0.2, 0.25) is 5.91 Å². The van der Waals surface area contributed by atoms with Crippen LogP contribution in [0.15, 0.2) is 42.5 Å². The molecule has 2 aromatic rings. The van der Waals surface area contributed by atoms with Gasteiger partial charge < -0.3 is 16.2 Å². The normalized spacial score (nSPS) is 12.1. The first-order chi connectivity index (χ1) is 14.2. The first-order valence-electron chi connectivity index (χ1n) is 9.78. The Labute approximate surface area is 178 Å². The van der Waals surface area contributed by atoms with E-state index in [1.807, 2.05) is 0 Å². The summed E-state index contributed by atoms with van der Waals surface area (Å²) in [6.07, 6.45) is 1.09. The second-order valence-electron chi connectivity index (χ2n) is 7.68. The van der Waals surface area contributed by atoms with Crippen LogP contribution in [0, 0.1) is 5.92 Å². The van der Waals surface area contributed by atoms with Crippen molar-refractivity contribution in [1.82, 2.24) is 5.32 Å². The van der Waals surface area contributed by atoms with Crippen molar-refractivity contribution < 1.29 is 23.1 Å². The number of primary amides is 1. The zero-order valence-corrected chi connectivity index (χ0v) is 18.0. The summed E-state index contributed by atoms with van der Waals surface area (Å²) in [5.41, 5.74) is 7.59. The highest BCUT2D eigenvalue weighted by molar-refractivity contribution is 7.72. The quantitative estimate of drug-likeness (QED) is 0.429. The molecule has 0 radical (unpaired) electrons. The minimum absolute atomic E-state index is 0.0790. The molecule has 0 bridgehead atoms. The number of rotatable bonds is 10. The highest BCUT2D eigenvalue weighted by Crippen LogP contribution is 2.23. The van der Waals surface area contributed by atoms with Gasteiger partial charge in [-0.15, -0.1) is 0 Å². The van der Waals surface area contributed by atoms with Crippen molar-refractivity contribution >= 4 is 22.5 Å². The molecule has 0 aromatic heterocycles. The first kappa shape index (κ1) is 23.4. The maximum atomic E-state index is 12.4. The Morgan fingerprint density at radius 1 is 1.07 bits per heavy atom. The fourth-order valence-electron chi connectivity index (χ4n) is 3.04. The summed E-state index contributed by atoms with van der Waals surface area (Å²) in [5, 5.41) is 11.9. The number of nitrogens with two attached hydrogens (primary N) is 1. The lowest BCUT2D eigenvalue weighted by atomic mass is 9.99. The van der Waals surface area contributed by atoms with Gasteiger partial charge in [0.15, 0.2) is 0 Å². The van der Waals surface area contributed by atoms with Crippen molar-refractivity contribution in [2.75, 3.05) is 6.54 Å². The zero-order chi connectivity index (χ0) is 22.3. The molecule has 0 aliphatic rings. The van der Waals surface area contributed by atoms with Gasteiger partial charge in [0.1, 0.15) is 16.5 Å². The predicted molar refractivity (Wildman–Crippen MR) is 116 cm³/mol. The van der Waals surface area contributed by atoms with Gasteiger partial charge in [-0.1, -0.05) is 44.2 Å². The number of phenols is 1. The van der Waals surface area contributed by atoms with Gasteiger partial charge in [0, 0.05) is 13.0 Å². The van der Waals surface area contributed by atoms with Crippen molar-refractivity contribution in [2.24, 2.45) is 11.7 Å². The van der Waals surface area contributed by atoms with Crippen LogP contribution in [-0.2, 0) is 21.9 Å². The Balaban J connectivity index is 2.12. The predicted octanol–water partition coefficient (Wildman–Crippen LogP) is 2.29. The lowest BCUT2D eigenvalue weighted by Crippen LogP contribution is -2.25. The molecule has 0 fully saturated rings. The summed E-state index contributed by atoms with van der Waals surface area (Å²) in [5.74, 6) is -0.606. The SMILES string of the molecule is CC(C)CCNC(=O)c1cc(Cc2ccc(C(CC(N)=O)[SH](=O)=O)cc2)ccc1O. The van der Waals surface area contributed by atoms with Gasteiger partial charge in [-0.2, -0.15) is 0 Å². The molecule has 1 atom stereocenters. The maximum Gasteiger partial charge on any atom is 0.255 e. The number of carbonyl (C=O) groups is 2. The van der Waals surface area contributed by atoms with Crippen LogP contribution >= 0.6 is 0 Å². The van der Waals surface area contributed by atoms with E-state index in [0.29, 0.717) is 24.4 Å². The van der Waals surface area contributed by atoms with Crippen LogP contribution in [-0.4, -0.2) is 31.9 Å². The third kappa shape index (κ3) is 6.88. The summed E-state index contributed by atoms with van der Waals surface area (Å²) in [6, 6.07) is 11.7. The molecule has 162 valence electrons. The fraction of sp³-hybridized carbons (Fsp3) is 0.364. The molecule has 4 N–H and O–H groups in total. The van der Waals surface area contributed by atoms with Crippen LogP contribution < -0.4 is 11.1 Å². The second kappa shape index (κ2) is 10.8. The number of phenolic OH excluding ortho intramolecular Hbond substituents is 1. The molecule has 0 saturated heterocycles. The van der Waals surface area contributed by atoms with E-state index in [0.717, 1.165) is 17.5 Å². The van der Waals surface area contributed by atoms with Crippen LogP contribution in [0.25, 0.3) is 0 Å². The van der Waals surface area contributed by atoms with E-state index in [1.54, 1.807) is 36.4 Å². The zero-order valence-electron chi connectivity index (χ0n) is 17.1. The molecule has 2 aromatic carbocycles. The summed E-state index contributed by atoms with van der Waals surface area (Å²) >= 11 is 0. The number of hydrogen-bond acceptors (Lipinski definition) is 5. The molecule has 30 heavy (non-hydrogen) atoms. The molecule has 0 saturated carbocycles. The van der Waals surface area contributed by atoms with Crippen molar-refractivity contribution in [1.29, 1.82) is 0 Å². The van der Waals surface area contributed by atoms with E-state index >= 15 is 0 Å². The lowest BCUT2D eigenvalue weighted by Gasteiger charge is -2.11. The van der Waals surface area contributed by atoms with Gasteiger partial charge in [-0.05, 0) is 47.6 Å². The van der Waals surface area contributed by atoms with Gasteiger partial charge in [-0.25, -0.2) is 8.42 Å². The fourth-order valence-corrected chi connectivity index (χ4v) is 3.79. The summed E-state index contributed by atoms with van der Waals surface area (Å²) < 4.78 is 22.8. The average molecular weight is 433 g/mol. The number of hydrogen-bond donors (Lipinski definition) is 4. The average Bonchev–Trinajstić information content (AvgIpc) is 2.67. The second-order valence-corrected chi connectivity index (χ2v) is 8.87. The number of amides is 2. The van der Waals surface area contributed by atoms with Gasteiger partial charge in [-0.3, -0.25) is 9.59 Å². The molecule has 8 heteroatoms. The van der Waals surface area contributed by atoms with Gasteiger partial charge in [0.05, 0.1) is 10.8 Å². The maximum absolute atomic E-state index is 12.4. The van der Waals surface area contributed by atoms with E-state index in [-0.39, 0.29) is 23.6 Å². The van der Waals surface area contributed by atoms with Gasteiger partial charge >= 0.3 is 0 Å². The van der Waals surface area contributed by atoms with E-state index in [9.17, 15) is 23.1 Å². The van der Waals surface area contributed by atoms with Crippen molar-refractivity contribution in [2.45, 2.75) is 38.4 Å². The molecule has 2 rings (SSSR count).